The van der Waals surface area contributed by atoms with Gasteiger partial charge in [0, 0.05) is 25.0 Å². The van der Waals surface area contributed by atoms with Gasteiger partial charge in [-0.2, -0.15) is 0 Å². The monoisotopic (exact) mass is 311 g/mol. The van der Waals surface area contributed by atoms with Crippen LogP contribution in [-0.4, -0.2) is 61.9 Å². The second kappa shape index (κ2) is 7.00. The molecule has 1 aromatic rings. The molecular formula is C14H21N3O3S. The molecule has 0 aliphatic carbocycles. The van der Waals surface area contributed by atoms with Crippen LogP contribution >= 0.6 is 0 Å². The molecule has 0 unspecified atom stereocenters. The summed E-state index contributed by atoms with van der Waals surface area (Å²) in [6.45, 7) is 0.786. The molecule has 0 saturated carbocycles. The first-order chi connectivity index (χ1) is 9.96. The Morgan fingerprint density at radius 2 is 2.33 bits per heavy atom. The summed E-state index contributed by atoms with van der Waals surface area (Å²) in [6.07, 6.45) is 4.84. The summed E-state index contributed by atoms with van der Waals surface area (Å²) >= 11 is 0. The van der Waals surface area contributed by atoms with Gasteiger partial charge in [-0.3, -0.25) is 14.7 Å². The number of likely N-dealkylation sites (N-methyl/N-ethyl adjacent to an activating group) is 1. The van der Waals surface area contributed by atoms with E-state index in [1.807, 2.05) is 17.0 Å². The summed E-state index contributed by atoms with van der Waals surface area (Å²) in [4.78, 5) is 17.7. The van der Waals surface area contributed by atoms with Gasteiger partial charge in [0.05, 0.1) is 18.1 Å². The molecule has 1 fully saturated rings. The molecule has 2 rings (SSSR count). The lowest BCUT2D eigenvalue weighted by Crippen LogP contribution is -2.41. The highest BCUT2D eigenvalue weighted by Gasteiger charge is 2.31. The molecule has 2 heterocycles. The maximum absolute atomic E-state index is 11.8. The lowest BCUT2D eigenvalue weighted by atomic mass is 10.2. The minimum absolute atomic E-state index is 0.0425. The first-order valence-electron chi connectivity index (χ1n) is 7.02. The first kappa shape index (κ1) is 15.9. The van der Waals surface area contributed by atoms with Crippen molar-refractivity contribution >= 4 is 15.7 Å². The fraction of sp³-hybridized carbons (Fsp3) is 0.571. The van der Waals surface area contributed by atoms with E-state index < -0.39 is 9.84 Å². The maximum atomic E-state index is 11.8. The van der Waals surface area contributed by atoms with Crippen molar-refractivity contribution in [3.8, 4) is 0 Å². The Labute approximate surface area is 125 Å². The van der Waals surface area contributed by atoms with E-state index in [1.165, 1.54) is 0 Å². The summed E-state index contributed by atoms with van der Waals surface area (Å²) in [5.41, 5.74) is 1.08. The maximum Gasteiger partial charge on any atom is 0.234 e. The molecule has 0 aromatic carbocycles. The largest absolute Gasteiger partial charge is 0.355 e. The molecule has 1 aliphatic heterocycles. The standard InChI is InChI=1S/C14H21N3O3S/c1-17(13-5-8-21(19,20)11-13)10-14(18)16-7-4-12-3-2-6-15-9-12/h2-3,6,9,13H,4-5,7-8,10-11H2,1H3,(H,16,18)/t13-/m0/s1. The number of aromatic nitrogens is 1. The van der Waals surface area contributed by atoms with Gasteiger partial charge in [-0.1, -0.05) is 6.07 Å². The minimum atomic E-state index is -2.91. The third-order valence-corrected chi connectivity index (χ3v) is 5.43. The van der Waals surface area contributed by atoms with Gasteiger partial charge in [0.2, 0.25) is 5.91 Å². The van der Waals surface area contributed by atoms with Gasteiger partial charge in [0.25, 0.3) is 0 Å². The number of nitrogens with one attached hydrogen (secondary N) is 1. The van der Waals surface area contributed by atoms with Crippen LogP contribution in [0.5, 0.6) is 0 Å². The highest BCUT2D eigenvalue weighted by atomic mass is 32.2. The Balaban J connectivity index is 1.70. The average Bonchev–Trinajstić information content (AvgIpc) is 2.80. The van der Waals surface area contributed by atoms with Gasteiger partial charge >= 0.3 is 0 Å². The number of rotatable bonds is 6. The average molecular weight is 311 g/mol. The molecule has 0 radical (unpaired) electrons. The van der Waals surface area contributed by atoms with Crippen molar-refractivity contribution in [1.29, 1.82) is 0 Å². The Hall–Kier alpha value is -1.47. The van der Waals surface area contributed by atoms with Crippen molar-refractivity contribution in [2.24, 2.45) is 0 Å². The molecule has 1 aromatic heterocycles. The number of pyridine rings is 1. The predicted molar refractivity (Wildman–Crippen MR) is 80.6 cm³/mol. The van der Waals surface area contributed by atoms with Crippen LogP contribution in [-0.2, 0) is 21.1 Å². The van der Waals surface area contributed by atoms with E-state index in [1.54, 1.807) is 19.4 Å². The predicted octanol–water partition coefficient (Wildman–Crippen LogP) is -0.141. The summed E-state index contributed by atoms with van der Waals surface area (Å²) in [5.74, 6) is 0.308. The molecule has 1 amide bonds. The zero-order valence-corrected chi connectivity index (χ0v) is 13.0. The molecule has 0 spiro atoms. The van der Waals surface area contributed by atoms with Crippen LogP contribution in [0.2, 0.25) is 0 Å². The van der Waals surface area contributed by atoms with Crippen LogP contribution in [0.4, 0.5) is 0 Å². The Morgan fingerprint density at radius 1 is 1.52 bits per heavy atom. The van der Waals surface area contributed by atoms with Crippen molar-refractivity contribution in [2.45, 2.75) is 18.9 Å². The van der Waals surface area contributed by atoms with Crippen LogP contribution < -0.4 is 5.32 Å². The zero-order valence-electron chi connectivity index (χ0n) is 12.2. The minimum Gasteiger partial charge on any atom is -0.355 e. The number of carbonyl (C=O) groups excluding carboxylic acids is 1. The van der Waals surface area contributed by atoms with Gasteiger partial charge in [0.15, 0.2) is 9.84 Å². The Kier molecular flexibility index (Phi) is 5.30. The molecule has 7 heteroatoms. The molecular weight excluding hydrogens is 290 g/mol. The topological polar surface area (TPSA) is 79.4 Å². The van der Waals surface area contributed by atoms with Gasteiger partial charge in [-0.15, -0.1) is 0 Å². The van der Waals surface area contributed by atoms with Crippen molar-refractivity contribution < 1.29 is 13.2 Å². The van der Waals surface area contributed by atoms with E-state index in [-0.39, 0.29) is 30.0 Å². The molecule has 1 N–H and O–H groups in total. The van der Waals surface area contributed by atoms with Gasteiger partial charge in [0.1, 0.15) is 0 Å². The molecule has 1 atom stereocenters. The molecule has 1 aliphatic rings. The Bertz CT molecular complexity index is 574. The van der Waals surface area contributed by atoms with E-state index in [4.69, 9.17) is 0 Å². The van der Waals surface area contributed by atoms with E-state index in [0.717, 1.165) is 12.0 Å². The van der Waals surface area contributed by atoms with Crippen LogP contribution in [0, 0.1) is 0 Å². The van der Waals surface area contributed by atoms with Gasteiger partial charge < -0.3 is 5.32 Å². The third-order valence-electron chi connectivity index (χ3n) is 3.68. The van der Waals surface area contributed by atoms with Gasteiger partial charge in [-0.25, -0.2) is 8.42 Å². The molecule has 0 bridgehead atoms. The van der Waals surface area contributed by atoms with E-state index in [0.29, 0.717) is 13.0 Å². The van der Waals surface area contributed by atoms with Crippen molar-refractivity contribution in [1.82, 2.24) is 15.2 Å². The lowest BCUT2D eigenvalue weighted by molar-refractivity contribution is -0.122. The summed E-state index contributed by atoms with van der Waals surface area (Å²) in [7, 11) is -1.11. The number of hydrogen-bond acceptors (Lipinski definition) is 5. The number of nitrogens with zero attached hydrogens (tertiary/aromatic N) is 2. The normalized spacial score (nSPS) is 20.6. The molecule has 116 valence electrons. The Morgan fingerprint density at radius 3 is 2.95 bits per heavy atom. The zero-order chi connectivity index (χ0) is 15.3. The van der Waals surface area contributed by atoms with Crippen molar-refractivity contribution in [2.75, 3.05) is 31.6 Å². The van der Waals surface area contributed by atoms with Gasteiger partial charge in [-0.05, 0) is 31.5 Å². The van der Waals surface area contributed by atoms with Crippen LogP contribution in [0.25, 0.3) is 0 Å². The second-order valence-electron chi connectivity index (χ2n) is 5.43. The van der Waals surface area contributed by atoms with Crippen LogP contribution in [0.3, 0.4) is 0 Å². The highest BCUT2D eigenvalue weighted by molar-refractivity contribution is 7.91. The summed E-state index contributed by atoms with van der Waals surface area (Å²) in [5, 5.41) is 2.85. The SMILES string of the molecule is CN(CC(=O)NCCc1cccnc1)[C@H]1CCS(=O)(=O)C1. The quantitative estimate of drug-likeness (QED) is 0.791. The number of sulfone groups is 1. The lowest BCUT2D eigenvalue weighted by Gasteiger charge is -2.22. The first-order valence-corrected chi connectivity index (χ1v) is 8.85. The van der Waals surface area contributed by atoms with E-state index in [9.17, 15) is 13.2 Å². The van der Waals surface area contributed by atoms with Crippen LogP contribution in [0.15, 0.2) is 24.5 Å². The number of amides is 1. The highest BCUT2D eigenvalue weighted by Crippen LogP contribution is 2.15. The smallest absolute Gasteiger partial charge is 0.234 e. The number of hydrogen-bond donors (Lipinski definition) is 1. The van der Waals surface area contributed by atoms with Crippen molar-refractivity contribution in [3.63, 3.8) is 0 Å². The second-order valence-corrected chi connectivity index (χ2v) is 7.66. The summed E-state index contributed by atoms with van der Waals surface area (Å²) in [6, 6.07) is 3.79. The molecule has 6 nitrogen and oxygen atoms in total. The number of carbonyl (C=O) groups is 1. The summed E-state index contributed by atoms with van der Waals surface area (Å²) < 4.78 is 22.9. The van der Waals surface area contributed by atoms with Crippen molar-refractivity contribution in [3.05, 3.63) is 30.1 Å². The van der Waals surface area contributed by atoms with E-state index >= 15 is 0 Å². The fourth-order valence-electron chi connectivity index (χ4n) is 2.43. The van der Waals surface area contributed by atoms with E-state index in [2.05, 4.69) is 10.3 Å². The van der Waals surface area contributed by atoms with Crippen LogP contribution in [0.1, 0.15) is 12.0 Å². The molecule has 21 heavy (non-hydrogen) atoms. The third kappa shape index (κ3) is 5.09. The fourth-order valence-corrected chi connectivity index (χ4v) is 4.23. The molecule has 1 saturated heterocycles.